The van der Waals surface area contributed by atoms with Crippen LogP contribution in [-0.2, 0) is 5.41 Å². The molecule has 0 bridgehead atoms. The summed E-state index contributed by atoms with van der Waals surface area (Å²) in [5.74, 6) is 0.494. The summed E-state index contributed by atoms with van der Waals surface area (Å²) in [5, 5.41) is 3.89. The van der Waals surface area contributed by atoms with Crippen LogP contribution < -0.4 is 10.1 Å². The molecule has 124 valence electrons. The van der Waals surface area contributed by atoms with Crippen LogP contribution in [0.4, 0.5) is 5.69 Å². The molecule has 1 amide bonds. The predicted molar refractivity (Wildman–Crippen MR) is 97.9 cm³/mol. The summed E-state index contributed by atoms with van der Waals surface area (Å²) in [6.07, 6.45) is 1.74. The van der Waals surface area contributed by atoms with Crippen LogP contribution in [0.5, 0.6) is 5.75 Å². The summed E-state index contributed by atoms with van der Waals surface area (Å²) in [5.41, 5.74) is 3.37. The highest BCUT2D eigenvalue weighted by atomic mass is 16.5. The van der Waals surface area contributed by atoms with E-state index in [4.69, 9.17) is 4.74 Å². The first-order chi connectivity index (χ1) is 11.4. The van der Waals surface area contributed by atoms with Crippen molar-refractivity contribution in [2.24, 2.45) is 0 Å². The second kappa shape index (κ2) is 6.04. The van der Waals surface area contributed by atoms with E-state index < -0.39 is 0 Å². The van der Waals surface area contributed by atoms with Crippen molar-refractivity contribution in [2.75, 3.05) is 12.4 Å². The monoisotopic (exact) mass is 322 g/mol. The Kier molecular flexibility index (Phi) is 4.06. The first kappa shape index (κ1) is 16.1. The van der Waals surface area contributed by atoms with Crippen LogP contribution in [0.3, 0.4) is 0 Å². The maximum absolute atomic E-state index is 12.7. The van der Waals surface area contributed by atoms with Gasteiger partial charge < -0.3 is 15.0 Å². The molecule has 3 rings (SSSR count). The molecule has 0 unspecified atom stereocenters. The lowest BCUT2D eigenvalue weighted by atomic mass is 9.87. The van der Waals surface area contributed by atoms with Gasteiger partial charge in [-0.1, -0.05) is 45.0 Å². The largest absolute Gasteiger partial charge is 0.495 e. The fraction of sp³-hybridized carbons (Fsp3) is 0.250. The van der Waals surface area contributed by atoms with E-state index >= 15 is 0 Å². The number of methoxy groups -OCH3 is 1. The lowest BCUT2D eigenvalue weighted by Gasteiger charge is -2.21. The molecule has 1 aromatic heterocycles. The Morgan fingerprint density at radius 2 is 1.88 bits per heavy atom. The van der Waals surface area contributed by atoms with Crippen LogP contribution >= 0.6 is 0 Å². The smallest absolute Gasteiger partial charge is 0.257 e. The molecule has 4 nitrogen and oxygen atoms in total. The third-order valence-electron chi connectivity index (χ3n) is 4.15. The Bertz CT molecular complexity index is 888. The molecule has 24 heavy (non-hydrogen) atoms. The summed E-state index contributed by atoms with van der Waals surface area (Å²) in [6, 6.07) is 13.7. The van der Waals surface area contributed by atoms with E-state index in [0.29, 0.717) is 17.0 Å². The fourth-order valence-corrected chi connectivity index (χ4v) is 2.72. The molecule has 0 aliphatic rings. The van der Waals surface area contributed by atoms with Crippen molar-refractivity contribution in [3.63, 3.8) is 0 Å². The topological polar surface area (TPSA) is 54.1 Å². The molecule has 1 heterocycles. The minimum atomic E-state index is -0.156. The molecule has 4 heteroatoms. The second-order valence-corrected chi connectivity index (χ2v) is 6.87. The van der Waals surface area contributed by atoms with E-state index in [-0.39, 0.29) is 11.3 Å². The van der Waals surface area contributed by atoms with Gasteiger partial charge in [0.2, 0.25) is 0 Å². The van der Waals surface area contributed by atoms with Crippen LogP contribution in [0.1, 0.15) is 36.7 Å². The van der Waals surface area contributed by atoms with E-state index in [1.807, 2.05) is 42.5 Å². The normalized spacial score (nSPS) is 11.5. The fourth-order valence-electron chi connectivity index (χ4n) is 2.72. The highest BCUT2D eigenvalue weighted by Gasteiger charge is 2.18. The van der Waals surface area contributed by atoms with Crippen molar-refractivity contribution in [3.8, 4) is 5.75 Å². The average Bonchev–Trinajstić information content (AvgIpc) is 2.98. The van der Waals surface area contributed by atoms with Crippen LogP contribution in [0.15, 0.2) is 48.7 Å². The summed E-state index contributed by atoms with van der Waals surface area (Å²) in [6.45, 7) is 6.42. The van der Waals surface area contributed by atoms with Gasteiger partial charge in [0.25, 0.3) is 5.91 Å². The van der Waals surface area contributed by atoms with Crippen LogP contribution in [0.2, 0.25) is 0 Å². The van der Waals surface area contributed by atoms with E-state index in [9.17, 15) is 4.79 Å². The van der Waals surface area contributed by atoms with E-state index in [2.05, 4.69) is 31.1 Å². The number of hydrogen-bond donors (Lipinski definition) is 2. The number of amides is 1. The summed E-state index contributed by atoms with van der Waals surface area (Å²) in [7, 11) is 1.60. The van der Waals surface area contributed by atoms with Crippen LogP contribution in [0, 0.1) is 0 Å². The third kappa shape index (κ3) is 3.00. The molecule has 0 saturated carbocycles. The third-order valence-corrected chi connectivity index (χ3v) is 4.15. The number of para-hydroxylation sites is 1. The highest BCUT2D eigenvalue weighted by molar-refractivity contribution is 6.13. The zero-order chi connectivity index (χ0) is 17.3. The molecule has 0 aliphatic heterocycles. The Balaban J connectivity index is 1.96. The maximum Gasteiger partial charge on any atom is 0.257 e. The molecule has 2 N–H and O–H groups in total. The van der Waals surface area contributed by atoms with Gasteiger partial charge in [-0.3, -0.25) is 4.79 Å². The van der Waals surface area contributed by atoms with Gasteiger partial charge in [0, 0.05) is 17.1 Å². The lowest BCUT2D eigenvalue weighted by molar-refractivity contribution is 0.102. The second-order valence-electron chi connectivity index (χ2n) is 6.87. The number of carbonyl (C=O) groups is 1. The number of hydrogen-bond acceptors (Lipinski definition) is 2. The van der Waals surface area contributed by atoms with Crippen molar-refractivity contribution >= 4 is 22.5 Å². The molecule has 0 atom stereocenters. The Morgan fingerprint density at radius 3 is 2.58 bits per heavy atom. The summed E-state index contributed by atoms with van der Waals surface area (Å²) in [4.78, 5) is 15.9. The van der Waals surface area contributed by atoms with Crippen molar-refractivity contribution in [1.82, 2.24) is 4.98 Å². The Morgan fingerprint density at radius 1 is 1.12 bits per heavy atom. The molecule has 0 radical (unpaired) electrons. The van der Waals surface area contributed by atoms with Crippen molar-refractivity contribution in [1.29, 1.82) is 0 Å². The molecular formula is C20H22N2O2. The Hall–Kier alpha value is -2.75. The predicted octanol–water partition coefficient (Wildman–Crippen LogP) is 4.73. The lowest BCUT2D eigenvalue weighted by Crippen LogP contribution is -2.15. The van der Waals surface area contributed by atoms with Gasteiger partial charge in [0.05, 0.1) is 18.4 Å². The first-order valence-electron chi connectivity index (χ1n) is 7.96. The first-order valence-corrected chi connectivity index (χ1v) is 7.96. The number of benzene rings is 2. The van der Waals surface area contributed by atoms with E-state index in [1.165, 1.54) is 0 Å². The minimum Gasteiger partial charge on any atom is -0.495 e. The van der Waals surface area contributed by atoms with E-state index in [1.54, 1.807) is 13.3 Å². The minimum absolute atomic E-state index is 0.00741. The Labute approximate surface area is 141 Å². The zero-order valence-electron chi connectivity index (χ0n) is 14.4. The molecule has 0 aliphatic carbocycles. The average molecular weight is 322 g/mol. The van der Waals surface area contributed by atoms with Gasteiger partial charge in [-0.25, -0.2) is 0 Å². The number of rotatable bonds is 3. The number of aromatic amines is 1. The molecule has 3 aromatic rings. The number of anilines is 1. The van der Waals surface area contributed by atoms with Crippen LogP contribution in [-0.4, -0.2) is 18.0 Å². The number of aromatic nitrogens is 1. The molecule has 0 spiro atoms. The number of carbonyl (C=O) groups excluding carboxylic acids is 1. The molecule has 0 fully saturated rings. The molecular weight excluding hydrogens is 300 g/mol. The number of nitrogens with one attached hydrogen (secondary N) is 2. The SMILES string of the molecule is COc1ccc(C(C)(C)C)cc1NC(=O)c1c[nH]c2ccccc12. The number of fused-ring (bicyclic) bond motifs is 1. The van der Waals surface area contributed by atoms with Crippen molar-refractivity contribution in [2.45, 2.75) is 26.2 Å². The van der Waals surface area contributed by atoms with Crippen molar-refractivity contribution in [3.05, 3.63) is 59.8 Å². The quantitative estimate of drug-likeness (QED) is 0.732. The maximum atomic E-state index is 12.7. The van der Waals surface area contributed by atoms with Crippen molar-refractivity contribution < 1.29 is 9.53 Å². The number of H-pyrrole nitrogens is 1. The van der Waals surface area contributed by atoms with Gasteiger partial charge in [-0.05, 0) is 29.2 Å². The van der Waals surface area contributed by atoms with Gasteiger partial charge in [0.15, 0.2) is 0 Å². The summed E-state index contributed by atoms with van der Waals surface area (Å²) < 4.78 is 5.40. The van der Waals surface area contributed by atoms with Gasteiger partial charge in [-0.15, -0.1) is 0 Å². The standard InChI is InChI=1S/C20H22N2O2/c1-20(2,3)13-9-10-18(24-4)17(11-13)22-19(23)15-12-21-16-8-6-5-7-14(15)16/h5-12,21H,1-4H3,(H,22,23). The van der Waals surface area contributed by atoms with E-state index in [0.717, 1.165) is 16.5 Å². The summed E-state index contributed by atoms with van der Waals surface area (Å²) >= 11 is 0. The zero-order valence-corrected chi connectivity index (χ0v) is 14.4. The highest BCUT2D eigenvalue weighted by Crippen LogP contribution is 2.32. The molecule has 0 saturated heterocycles. The van der Waals surface area contributed by atoms with Gasteiger partial charge in [-0.2, -0.15) is 0 Å². The number of ether oxygens (including phenoxy) is 1. The van der Waals surface area contributed by atoms with Crippen LogP contribution in [0.25, 0.3) is 10.9 Å². The molecule has 2 aromatic carbocycles. The van der Waals surface area contributed by atoms with Gasteiger partial charge >= 0.3 is 0 Å². The van der Waals surface area contributed by atoms with Gasteiger partial charge in [0.1, 0.15) is 5.75 Å².